The number of nitrogens with one attached hydrogen (secondary N) is 2. The maximum absolute atomic E-state index is 13.0. The van der Waals surface area contributed by atoms with Crippen molar-refractivity contribution in [3.05, 3.63) is 54.1 Å². The first-order valence-corrected chi connectivity index (χ1v) is 9.65. The minimum atomic E-state index is -1.17. The summed E-state index contributed by atoms with van der Waals surface area (Å²) in [6, 6.07) is 13.7. The number of rotatable bonds is 8. The molecule has 2 aromatic carbocycles. The van der Waals surface area contributed by atoms with E-state index < -0.39 is 29.9 Å². The lowest BCUT2D eigenvalue weighted by atomic mass is 9.92. The predicted molar refractivity (Wildman–Crippen MR) is 112 cm³/mol. The van der Waals surface area contributed by atoms with Crippen molar-refractivity contribution in [3.8, 4) is 11.5 Å². The van der Waals surface area contributed by atoms with E-state index in [4.69, 9.17) is 9.47 Å². The van der Waals surface area contributed by atoms with E-state index in [1.54, 1.807) is 44.4 Å². The summed E-state index contributed by atoms with van der Waals surface area (Å²) >= 11 is 0. The summed E-state index contributed by atoms with van der Waals surface area (Å²) in [4.78, 5) is 38.9. The maximum Gasteiger partial charge on any atom is 0.325 e. The monoisotopic (exact) mass is 411 g/mol. The molecule has 30 heavy (non-hydrogen) atoms. The molecule has 0 unspecified atom stereocenters. The van der Waals surface area contributed by atoms with Crippen molar-refractivity contribution in [2.24, 2.45) is 0 Å². The van der Waals surface area contributed by atoms with Crippen LogP contribution in [0, 0.1) is 0 Å². The van der Waals surface area contributed by atoms with Gasteiger partial charge in [-0.05, 0) is 37.6 Å². The molecule has 4 amide bonds. The largest absolute Gasteiger partial charge is 0.496 e. The molecular formula is C22H25N3O5. The zero-order chi connectivity index (χ0) is 21.7. The average Bonchev–Trinajstić information content (AvgIpc) is 2.93. The zero-order valence-electron chi connectivity index (χ0n) is 17.2. The van der Waals surface area contributed by atoms with Gasteiger partial charge in [0.2, 0.25) is 5.91 Å². The first-order chi connectivity index (χ1) is 14.4. The number of carbonyl (C=O) groups is 3. The molecular weight excluding hydrogens is 386 g/mol. The third kappa shape index (κ3) is 4.37. The van der Waals surface area contributed by atoms with Crippen LogP contribution in [0.15, 0.2) is 48.5 Å². The van der Waals surface area contributed by atoms with Crippen LogP contribution in [0.25, 0.3) is 0 Å². The summed E-state index contributed by atoms with van der Waals surface area (Å²) in [5.41, 5.74) is 0.0937. The number of carbonyl (C=O) groups excluding carboxylic acids is 3. The number of hydrogen-bond donors (Lipinski definition) is 2. The van der Waals surface area contributed by atoms with Crippen LogP contribution in [-0.4, -0.2) is 48.5 Å². The number of amides is 4. The third-order valence-corrected chi connectivity index (χ3v) is 4.84. The molecule has 1 aliphatic heterocycles. The molecule has 0 saturated carbocycles. The summed E-state index contributed by atoms with van der Waals surface area (Å²) < 4.78 is 10.8. The van der Waals surface area contributed by atoms with E-state index in [-0.39, 0.29) is 6.42 Å². The van der Waals surface area contributed by atoms with Gasteiger partial charge in [0.15, 0.2) is 0 Å². The van der Waals surface area contributed by atoms with Gasteiger partial charge in [0.25, 0.3) is 5.91 Å². The Morgan fingerprint density at radius 1 is 1.10 bits per heavy atom. The molecule has 0 spiro atoms. The quantitative estimate of drug-likeness (QED) is 0.651. The molecule has 0 bridgehead atoms. The fourth-order valence-electron chi connectivity index (χ4n) is 3.42. The number of para-hydroxylation sites is 3. The Morgan fingerprint density at radius 2 is 1.77 bits per heavy atom. The Kier molecular flexibility index (Phi) is 6.25. The zero-order valence-corrected chi connectivity index (χ0v) is 17.2. The molecule has 8 nitrogen and oxygen atoms in total. The molecule has 158 valence electrons. The lowest BCUT2D eigenvalue weighted by molar-refractivity contribution is -0.133. The van der Waals surface area contributed by atoms with Crippen molar-refractivity contribution < 1.29 is 23.9 Å². The number of urea groups is 1. The lowest BCUT2D eigenvalue weighted by Gasteiger charge is -2.22. The molecule has 1 atom stereocenters. The van der Waals surface area contributed by atoms with Crippen molar-refractivity contribution in [3.63, 3.8) is 0 Å². The normalized spacial score (nSPS) is 18.2. The highest BCUT2D eigenvalue weighted by molar-refractivity contribution is 6.10. The SMILES string of the molecule is CCOc1ccccc1NC(=O)CN1C(=O)N[C@@](C)(Cc2ccccc2OC)C1=O. The highest BCUT2D eigenvalue weighted by Gasteiger charge is 2.48. The van der Waals surface area contributed by atoms with E-state index in [9.17, 15) is 14.4 Å². The molecule has 3 rings (SSSR count). The highest BCUT2D eigenvalue weighted by atomic mass is 16.5. The predicted octanol–water partition coefficient (Wildman–Crippen LogP) is 2.59. The second kappa shape index (κ2) is 8.86. The Labute approximate surface area is 175 Å². The summed E-state index contributed by atoms with van der Waals surface area (Å²) in [7, 11) is 1.55. The van der Waals surface area contributed by atoms with Gasteiger partial charge in [0, 0.05) is 6.42 Å². The number of anilines is 1. The van der Waals surface area contributed by atoms with Crippen LogP contribution in [0.2, 0.25) is 0 Å². The van der Waals surface area contributed by atoms with Crippen molar-refractivity contribution in [2.75, 3.05) is 25.6 Å². The lowest BCUT2D eigenvalue weighted by Crippen LogP contribution is -2.46. The first kappa shape index (κ1) is 21.2. The van der Waals surface area contributed by atoms with E-state index in [1.807, 2.05) is 25.1 Å². The molecule has 0 aromatic heterocycles. The fraction of sp³-hybridized carbons (Fsp3) is 0.318. The Morgan fingerprint density at radius 3 is 2.47 bits per heavy atom. The third-order valence-electron chi connectivity index (χ3n) is 4.84. The number of imide groups is 1. The van der Waals surface area contributed by atoms with Crippen LogP contribution in [-0.2, 0) is 16.0 Å². The van der Waals surface area contributed by atoms with Crippen LogP contribution < -0.4 is 20.1 Å². The number of methoxy groups -OCH3 is 1. The standard InChI is InChI=1S/C22H25N3O5/c1-4-30-18-12-8-6-10-16(18)23-19(26)14-25-20(27)22(2,24-21(25)28)13-15-9-5-7-11-17(15)29-3/h5-12H,4,13-14H2,1-3H3,(H,23,26)(H,24,28)/t22-/m0/s1. The van der Waals surface area contributed by atoms with Crippen molar-refractivity contribution in [2.45, 2.75) is 25.8 Å². The van der Waals surface area contributed by atoms with Gasteiger partial charge in [-0.1, -0.05) is 30.3 Å². The average molecular weight is 411 g/mol. The minimum absolute atomic E-state index is 0.243. The Bertz CT molecular complexity index is 961. The van der Waals surface area contributed by atoms with Crippen LogP contribution in [0.5, 0.6) is 11.5 Å². The number of hydrogen-bond acceptors (Lipinski definition) is 5. The highest BCUT2D eigenvalue weighted by Crippen LogP contribution is 2.28. The van der Waals surface area contributed by atoms with Gasteiger partial charge in [-0.25, -0.2) is 4.79 Å². The molecule has 0 radical (unpaired) electrons. The number of ether oxygens (including phenoxy) is 2. The van der Waals surface area contributed by atoms with Gasteiger partial charge in [0.1, 0.15) is 23.6 Å². The first-order valence-electron chi connectivity index (χ1n) is 9.65. The van der Waals surface area contributed by atoms with E-state index in [0.717, 1.165) is 10.5 Å². The molecule has 8 heteroatoms. The van der Waals surface area contributed by atoms with Gasteiger partial charge >= 0.3 is 6.03 Å². The van der Waals surface area contributed by atoms with Crippen LogP contribution in [0.3, 0.4) is 0 Å². The molecule has 2 aromatic rings. The molecule has 0 aliphatic carbocycles. The van der Waals surface area contributed by atoms with Crippen molar-refractivity contribution in [1.29, 1.82) is 0 Å². The van der Waals surface area contributed by atoms with E-state index in [0.29, 0.717) is 23.8 Å². The van der Waals surface area contributed by atoms with Crippen LogP contribution in [0.4, 0.5) is 10.5 Å². The smallest absolute Gasteiger partial charge is 0.325 e. The van der Waals surface area contributed by atoms with Crippen molar-refractivity contribution >= 4 is 23.5 Å². The van der Waals surface area contributed by atoms with E-state index in [1.165, 1.54) is 0 Å². The van der Waals surface area contributed by atoms with E-state index in [2.05, 4.69) is 10.6 Å². The minimum Gasteiger partial charge on any atom is -0.496 e. The van der Waals surface area contributed by atoms with Crippen LogP contribution >= 0.6 is 0 Å². The van der Waals surface area contributed by atoms with Gasteiger partial charge in [-0.2, -0.15) is 0 Å². The summed E-state index contributed by atoms with van der Waals surface area (Å²) in [5.74, 6) is 0.190. The Hall–Kier alpha value is -3.55. The topological polar surface area (TPSA) is 97.0 Å². The molecule has 1 aliphatic rings. The van der Waals surface area contributed by atoms with Crippen LogP contribution in [0.1, 0.15) is 19.4 Å². The number of nitrogens with zero attached hydrogens (tertiary/aromatic N) is 1. The molecule has 1 heterocycles. The summed E-state index contributed by atoms with van der Waals surface area (Å²) in [6.07, 6.45) is 0.243. The van der Waals surface area contributed by atoms with Gasteiger partial charge in [-0.3, -0.25) is 14.5 Å². The van der Waals surface area contributed by atoms with Gasteiger partial charge in [0.05, 0.1) is 19.4 Å². The van der Waals surface area contributed by atoms with Gasteiger partial charge < -0.3 is 20.1 Å². The van der Waals surface area contributed by atoms with Gasteiger partial charge in [-0.15, -0.1) is 0 Å². The Balaban J connectivity index is 1.71. The van der Waals surface area contributed by atoms with E-state index >= 15 is 0 Å². The molecule has 1 fully saturated rings. The van der Waals surface area contributed by atoms with Crippen molar-refractivity contribution in [1.82, 2.24) is 10.2 Å². The summed E-state index contributed by atoms with van der Waals surface area (Å²) in [5, 5.41) is 5.41. The second-order valence-electron chi connectivity index (χ2n) is 7.12. The maximum atomic E-state index is 13.0. The number of benzene rings is 2. The molecule has 1 saturated heterocycles. The summed E-state index contributed by atoms with van der Waals surface area (Å²) in [6.45, 7) is 3.53. The molecule has 2 N–H and O–H groups in total. The second-order valence-corrected chi connectivity index (χ2v) is 7.12. The fourth-order valence-corrected chi connectivity index (χ4v) is 3.42.